The Morgan fingerprint density at radius 2 is 2.19 bits per heavy atom. The zero-order valence-corrected chi connectivity index (χ0v) is 12.4. The first-order valence-corrected chi connectivity index (χ1v) is 7.97. The Labute approximate surface area is 123 Å². The average Bonchev–Trinajstić information content (AvgIpc) is 2.98. The summed E-state index contributed by atoms with van der Waals surface area (Å²) in [6.45, 7) is 1.80. The molecule has 114 valence electrons. The number of nitrogens with one attached hydrogen (secondary N) is 2. The van der Waals surface area contributed by atoms with Gasteiger partial charge >= 0.3 is 0 Å². The van der Waals surface area contributed by atoms with Crippen LogP contribution < -0.4 is 16.0 Å². The number of anilines is 1. The molecule has 7 nitrogen and oxygen atoms in total. The van der Waals surface area contributed by atoms with E-state index in [1.54, 1.807) is 25.3 Å². The van der Waals surface area contributed by atoms with Gasteiger partial charge in [-0.1, -0.05) is 0 Å². The van der Waals surface area contributed by atoms with Gasteiger partial charge < -0.3 is 9.84 Å². The number of nitrogen functional groups attached to an aromatic ring is 1. The minimum Gasteiger partial charge on any atom is -0.469 e. The van der Waals surface area contributed by atoms with Crippen molar-refractivity contribution in [2.75, 3.05) is 5.43 Å². The highest BCUT2D eigenvalue weighted by molar-refractivity contribution is 7.89. The van der Waals surface area contributed by atoms with E-state index in [1.165, 1.54) is 12.3 Å². The maximum Gasteiger partial charge on any atom is 0.244 e. The highest BCUT2D eigenvalue weighted by Gasteiger charge is 2.21. The minimum atomic E-state index is -3.68. The molecule has 0 amide bonds. The van der Waals surface area contributed by atoms with Crippen molar-refractivity contribution in [3.8, 4) is 0 Å². The van der Waals surface area contributed by atoms with Crippen LogP contribution in [0.3, 0.4) is 0 Å². The first-order valence-electron chi connectivity index (χ1n) is 6.49. The molecule has 2 aromatic rings. The van der Waals surface area contributed by atoms with Gasteiger partial charge in [0.25, 0.3) is 0 Å². The predicted molar refractivity (Wildman–Crippen MR) is 78.9 cm³/mol. The third-order valence-electron chi connectivity index (χ3n) is 2.96. The molecular formula is C13H18N4O3S. The number of aryl methyl sites for hydroxylation is 1. The summed E-state index contributed by atoms with van der Waals surface area (Å²) in [6.07, 6.45) is 4.34. The largest absolute Gasteiger partial charge is 0.469 e. The summed E-state index contributed by atoms with van der Waals surface area (Å²) >= 11 is 0. The fourth-order valence-electron chi connectivity index (χ4n) is 1.92. The first-order chi connectivity index (χ1) is 10.0. The molecule has 0 fully saturated rings. The third kappa shape index (κ3) is 4.03. The predicted octanol–water partition coefficient (Wildman–Crippen LogP) is 1.26. The Bertz CT molecular complexity index is 670. The molecule has 0 radical (unpaired) electrons. The van der Waals surface area contributed by atoms with E-state index in [1.807, 2.05) is 6.07 Å². The molecule has 2 heterocycles. The summed E-state index contributed by atoms with van der Waals surface area (Å²) in [4.78, 5) is 3.91. The monoisotopic (exact) mass is 310 g/mol. The van der Waals surface area contributed by atoms with Crippen molar-refractivity contribution in [2.45, 2.75) is 30.7 Å². The van der Waals surface area contributed by atoms with Crippen LogP contribution in [0.1, 0.15) is 19.1 Å². The molecule has 2 rings (SSSR count). The minimum absolute atomic E-state index is 0.0253. The van der Waals surface area contributed by atoms with E-state index < -0.39 is 10.0 Å². The molecule has 0 aliphatic rings. The van der Waals surface area contributed by atoms with Gasteiger partial charge in [-0.05, 0) is 37.6 Å². The van der Waals surface area contributed by atoms with Crippen molar-refractivity contribution >= 4 is 15.8 Å². The Morgan fingerprint density at radius 1 is 1.38 bits per heavy atom. The van der Waals surface area contributed by atoms with Crippen LogP contribution in [0.5, 0.6) is 0 Å². The van der Waals surface area contributed by atoms with Gasteiger partial charge in [0.2, 0.25) is 10.0 Å². The molecule has 0 bridgehead atoms. The molecule has 2 aromatic heterocycles. The number of aromatic nitrogens is 1. The van der Waals surface area contributed by atoms with Crippen molar-refractivity contribution in [3.05, 3.63) is 42.5 Å². The van der Waals surface area contributed by atoms with Crippen LogP contribution in [-0.2, 0) is 16.4 Å². The number of hydrazine groups is 1. The molecule has 1 atom stereocenters. The maximum absolute atomic E-state index is 12.3. The van der Waals surface area contributed by atoms with E-state index in [4.69, 9.17) is 10.3 Å². The van der Waals surface area contributed by atoms with Gasteiger partial charge in [0.05, 0.1) is 6.26 Å². The SMILES string of the molecule is CC(CCc1ccco1)NS(=O)(=O)c1cccnc1NN. The van der Waals surface area contributed by atoms with Crippen molar-refractivity contribution < 1.29 is 12.8 Å². The zero-order valence-electron chi connectivity index (χ0n) is 11.6. The Balaban J connectivity index is 2.03. The summed E-state index contributed by atoms with van der Waals surface area (Å²) in [6, 6.07) is 6.41. The van der Waals surface area contributed by atoms with E-state index in [9.17, 15) is 8.42 Å². The van der Waals surface area contributed by atoms with Crippen LogP contribution in [0.4, 0.5) is 5.82 Å². The summed E-state index contributed by atoms with van der Waals surface area (Å²) in [7, 11) is -3.68. The van der Waals surface area contributed by atoms with Gasteiger partial charge in [-0.3, -0.25) is 0 Å². The second kappa shape index (κ2) is 6.70. The second-order valence-electron chi connectivity index (χ2n) is 4.63. The number of furan rings is 1. The highest BCUT2D eigenvalue weighted by Crippen LogP contribution is 2.17. The molecule has 0 aliphatic heterocycles. The van der Waals surface area contributed by atoms with Crippen LogP contribution in [-0.4, -0.2) is 19.4 Å². The van der Waals surface area contributed by atoms with Crippen LogP contribution >= 0.6 is 0 Å². The van der Waals surface area contributed by atoms with Gasteiger partial charge in [-0.2, -0.15) is 0 Å². The lowest BCUT2D eigenvalue weighted by Gasteiger charge is -2.15. The van der Waals surface area contributed by atoms with Crippen LogP contribution in [0.2, 0.25) is 0 Å². The van der Waals surface area contributed by atoms with E-state index in [-0.39, 0.29) is 16.8 Å². The molecule has 0 aliphatic carbocycles. The summed E-state index contributed by atoms with van der Waals surface area (Å²) in [5.74, 6) is 6.22. The molecule has 0 aromatic carbocycles. The highest BCUT2D eigenvalue weighted by atomic mass is 32.2. The third-order valence-corrected chi connectivity index (χ3v) is 4.58. The summed E-state index contributed by atoms with van der Waals surface area (Å²) < 4.78 is 32.5. The lowest BCUT2D eigenvalue weighted by molar-refractivity contribution is 0.480. The first kappa shape index (κ1) is 15.5. The number of nitrogens with zero attached hydrogens (tertiary/aromatic N) is 1. The number of rotatable bonds is 7. The molecule has 0 spiro atoms. The second-order valence-corrected chi connectivity index (χ2v) is 6.32. The summed E-state index contributed by atoms with van der Waals surface area (Å²) in [5.41, 5.74) is 2.28. The number of hydrogen-bond donors (Lipinski definition) is 3. The molecule has 0 saturated carbocycles. The Morgan fingerprint density at radius 3 is 2.86 bits per heavy atom. The lowest BCUT2D eigenvalue weighted by atomic mass is 10.2. The van der Waals surface area contributed by atoms with Crippen molar-refractivity contribution in [1.82, 2.24) is 9.71 Å². The van der Waals surface area contributed by atoms with Crippen LogP contribution in [0.25, 0.3) is 0 Å². The molecule has 21 heavy (non-hydrogen) atoms. The normalized spacial score (nSPS) is 13.0. The number of sulfonamides is 1. The fourth-order valence-corrected chi connectivity index (χ4v) is 3.32. The zero-order chi connectivity index (χ0) is 15.3. The van der Waals surface area contributed by atoms with E-state index in [2.05, 4.69) is 15.1 Å². The standard InChI is InChI=1S/C13H18N4O3S/c1-10(6-7-11-4-3-9-20-11)17-21(18,19)12-5-2-8-15-13(12)16-14/h2-5,8-10,17H,6-7,14H2,1H3,(H,15,16). The van der Waals surface area contributed by atoms with E-state index in [0.717, 1.165) is 5.76 Å². The maximum atomic E-state index is 12.3. The van der Waals surface area contributed by atoms with Gasteiger partial charge in [-0.15, -0.1) is 0 Å². The van der Waals surface area contributed by atoms with E-state index >= 15 is 0 Å². The van der Waals surface area contributed by atoms with Crippen molar-refractivity contribution in [3.63, 3.8) is 0 Å². The molecule has 4 N–H and O–H groups in total. The van der Waals surface area contributed by atoms with Crippen LogP contribution in [0.15, 0.2) is 46.0 Å². The van der Waals surface area contributed by atoms with Crippen molar-refractivity contribution in [2.24, 2.45) is 5.84 Å². The number of pyridine rings is 1. The molecule has 1 unspecified atom stereocenters. The van der Waals surface area contributed by atoms with Gasteiger partial charge in [0.15, 0.2) is 5.82 Å². The van der Waals surface area contributed by atoms with Crippen LogP contribution in [0, 0.1) is 0 Å². The summed E-state index contributed by atoms with van der Waals surface area (Å²) in [5, 5.41) is 0. The fraction of sp³-hybridized carbons (Fsp3) is 0.308. The topological polar surface area (TPSA) is 110 Å². The molecule has 8 heteroatoms. The Hall–Kier alpha value is -1.90. The van der Waals surface area contributed by atoms with Gasteiger partial charge in [0, 0.05) is 18.7 Å². The number of nitrogens with two attached hydrogens (primary N) is 1. The lowest BCUT2D eigenvalue weighted by Crippen LogP contribution is -2.33. The van der Waals surface area contributed by atoms with E-state index in [0.29, 0.717) is 12.8 Å². The van der Waals surface area contributed by atoms with Gasteiger partial charge in [0.1, 0.15) is 10.7 Å². The molecular weight excluding hydrogens is 292 g/mol. The van der Waals surface area contributed by atoms with Crippen molar-refractivity contribution in [1.29, 1.82) is 0 Å². The smallest absolute Gasteiger partial charge is 0.244 e. The average molecular weight is 310 g/mol. The Kier molecular flexibility index (Phi) is 4.94. The number of hydrogen-bond acceptors (Lipinski definition) is 6. The van der Waals surface area contributed by atoms with Gasteiger partial charge in [-0.25, -0.2) is 24.0 Å². The quantitative estimate of drug-likeness (QED) is 0.524. The molecule has 0 saturated heterocycles.